The monoisotopic (exact) mass is 301 g/mol. The molecule has 1 aromatic heterocycles. The summed E-state index contributed by atoms with van der Waals surface area (Å²) >= 11 is 7.00. The number of carbonyl (C=O) groups is 1. The van der Waals surface area contributed by atoms with Crippen molar-refractivity contribution in [2.75, 3.05) is 0 Å². The Bertz CT molecular complexity index is 345. The largest absolute Gasteiger partial charge is 0.477 e. The van der Waals surface area contributed by atoms with Crippen molar-refractivity contribution in [3.8, 4) is 0 Å². The molecule has 0 unspecified atom stereocenters. The molecule has 1 N–H and O–H groups in total. The van der Waals surface area contributed by atoms with Gasteiger partial charge in [-0.15, -0.1) is 0 Å². The number of aromatic carboxylic acids is 1. The van der Waals surface area contributed by atoms with Gasteiger partial charge >= 0.3 is 5.97 Å². The second kappa shape index (κ2) is 3.53. The van der Waals surface area contributed by atoms with Crippen molar-refractivity contribution in [3.05, 3.63) is 26.3 Å². The predicted molar refractivity (Wildman–Crippen MR) is 48.9 cm³/mol. The van der Waals surface area contributed by atoms with Crippen LogP contribution in [0.2, 0.25) is 5.15 Å². The number of hydrogen-bond acceptors (Lipinski definition) is 2. The number of carboxylic acids is 1. The Morgan fingerprint density at radius 1 is 1.75 bits per heavy atom. The summed E-state index contributed by atoms with van der Waals surface area (Å²) in [4.78, 5) is 13.9. The van der Waals surface area contributed by atoms with Crippen molar-refractivity contribution in [2.24, 2.45) is 0 Å². The molecular formula is C6H2ClFINO2. The number of pyridine rings is 1. The van der Waals surface area contributed by atoms with E-state index in [-0.39, 0.29) is 8.72 Å². The summed E-state index contributed by atoms with van der Waals surface area (Å²) in [6.07, 6.45) is 1.17. The van der Waals surface area contributed by atoms with Gasteiger partial charge in [-0.3, -0.25) is 0 Å². The number of halogens is 3. The molecule has 6 heteroatoms. The van der Waals surface area contributed by atoms with Crippen LogP contribution in [0.3, 0.4) is 0 Å². The van der Waals surface area contributed by atoms with Crippen LogP contribution < -0.4 is 0 Å². The van der Waals surface area contributed by atoms with E-state index in [1.807, 2.05) is 0 Å². The maximum atomic E-state index is 13.0. The molecule has 0 spiro atoms. The smallest absolute Gasteiger partial charge is 0.341 e. The molecule has 1 aromatic rings. The van der Waals surface area contributed by atoms with Crippen molar-refractivity contribution < 1.29 is 14.3 Å². The fourth-order valence-electron chi connectivity index (χ4n) is 0.627. The highest BCUT2D eigenvalue weighted by molar-refractivity contribution is 14.1. The van der Waals surface area contributed by atoms with Gasteiger partial charge in [-0.1, -0.05) is 11.6 Å². The van der Waals surface area contributed by atoms with Crippen LogP contribution >= 0.6 is 34.2 Å². The highest BCUT2D eigenvalue weighted by Gasteiger charge is 2.18. The number of rotatable bonds is 1. The third-order valence-electron chi connectivity index (χ3n) is 1.14. The Morgan fingerprint density at radius 2 is 2.33 bits per heavy atom. The molecule has 0 radical (unpaired) electrons. The quantitative estimate of drug-likeness (QED) is 0.639. The van der Waals surface area contributed by atoms with Crippen molar-refractivity contribution in [2.45, 2.75) is 0 Å². The Kier molecular flexibility index (Phi) is 2.84. The third kappa shape index (κ3) is 1.66. The van der Waals surface area contributed by atoms with Crippen LogP contribution in [0.5, 0.6) is 0 Å². The van der Waals surface area contributed by atoms with Crippen LogP contribution in [-0.4, -0.2) is 16.1 Å². The molecule has 0 saturated carbocycles. The van der Waals surface area contributed by atoms with Crippen molar-refractivity contribution in [1.82, 2.24) is 4.98 Å². The van der Waals surface area contributed by atoms with Crippen LogP contribution in [0, 0.1) is 9.39 Å². The number of aromatic nitrogens is 1. The average molecular weight is 301 g/mol. The summed E-state index contributed by atoms with van der Waals surface area (Å²) in [5.74, 6) is -2.26. The zero-order chi connectivity index (χ0) is 9.30. The molecule has 3 nitrogen and oxygen atoms in total. The van der Waals surface area contributed by atoms with Gasteiger partial charge in [0.15, 0.2) is 5.82 Å². The molecule has 64 valence electrons. The van der Waals surface area contributed by atoms with E-state index in [1.165, 1.54) is 6.20 Å². The minimum Gasteiger partial charge on any atom is -0.477 e. The minimum absolute atomic E-state index is 0.134. The summed E-state index contributed by atoms with van der Waals surface area (Å²) in [5, 5.41) is 8.17. The van der Waals surface area contributed by atoms with Gasteiger partial charge in [-0.25, -0.2) is 14.2 Å². The molecule has 0 aromatic carbocycles. The SMILES string of the molecule is O=C(O)c1c(Cl)ncc(I)c1F. The first-order valence-corrected chi connectivity index (χ1v) is 4.22. The van der Waals surface area contributed by atoms with Crippen LogP contribution in [0.15, 0.2) is 6.20 Å². The lowest BCUT2D eigenvalue weighted by molar-refractivity contribution is 0.0691. The summed E-state index contributed by atoms with van der Waals surface area (Å²) in [6.45, 7) is 0. The van der Waals surface area contributed by atoms with E-state index >= 15 is 0 Å². The second-order valence-electron chi connectivity index (χ2n) is 1.89. The van der Waals surface area contributed by atoms with Gasteiger partial charge in [0.05, 0.1) is 3.57 Å². The zero-order valence-electron chi connectivity index (χ0n) is 5.51. The Hall–Kier alpha value is -0.430. The molecule has 12 heavy (non-hydrogen) atoms. The Balaban J connectivity index is 3.43. The van der Waals surface area contributed by atoms with E-state index in [9.17, 15) is 9.18 Å². The molecule has 1 rings (SSSR count). The first kappa shape index (κ1) is 9.66. The highest BCUT2D eigenvalue weighted by atomic mass is 127. The summed E-state index contributed by atoms with van der Waals surface area (Å²) < 4.78 is 13.1. The summed E-state index contributed by atoms with van der Waals surface area (Å²) in [6, 6.07) is 0. The Labute approximate surface area is 85.7 Å². The van der Waals surface area contributed by atoms with Crippen LogP contribution in [0.4, 0.5) is 4.39 Å². The maximum Gasteiger partial charge on any atom is 0.341 e. The van der Waals surface area contributed by atoms with Crippen LogP contribution in [0.1, 0.15) is 10.4 Å². The molecule has 0 amide bonds. The molecule has 0 saturated heterocycles. The number of hydrogen-bond donors (Lipinski definition) is 1. The third-order valence-corrected chi connectivity index (χ3v) is 2.18. The van der Waals surface area contributed by atoms with Gasteiger partial charge in [0, 0.05) is 6.20 Å². The topological polar surface area (TPSA) is 50.2 Å². The molecule has 0 aliphatic carbocycles. The van der Waals surface area contributed by atoms with Gasteiger partial charge in [0.1, 0.15) is 10.7 Å². The molecular weight excluding hydrogens is 299 g/mol. The van der Waals surface area contributed by atoms with E-state index in [2.05, 4.69) is 4.98 Å². The highest BCUT2D eigenvalue weighted by Crippen LogP contribution is 2.20. The lowest BCUT2D eigenvalue weighted by Crippen LogP contribution is -2.04. The molecule has 0 bridgehead atoms. The van der Waals surface area contributed by atoms with Gasteiger partial charge in [0.2, 0.25) is 0 Å². The normalized spacial score (nSPS) is 9.92. The van der Waals surface area contributed by atoms with Gasteiger partial charge in [-0.05, 0) is 22.6 Å². The lowest BCUT2D eigenvalue weighted by Gasteiger charge is -2.00. The molecule has 0 aliphatic heterocycles. The minimum atomic E-state index is -1.41. The summed E-state index contributed by atoms with van der Waals surface area (Å²) in [5.41, 5.74) is -0.580. The number of nitrogens with zero attached hydrogens (tertiary/aromatic N) is 1. The van der Waals surface area contributed by atoms with E-state index in [0.29, 0.717) is 0 Å². The average Bonchev–Trinajstić information content (AvgIpc) is 1.97. The molecule has 1 heterocycles. The van der Waals surface area contributed by atoms with Crippen molar-refractivity contribution in [3.63, 3.8) is 0 Å². The Morgan fingerprint density at radius 3 is 2.75 bits per heavy atom. The van der Waals surface area contributed by atoms with Gasteiger partial charge in [0.25, 0.3) is 0 Å². The standard InChI is InChI=1S/C6H2ClFINO2/c7-5-3(6(11)12)4(8)2(9)1-10-5/h1H,(H,11,12). The number of carboxylic acid groups (broad SMARTS) is 1. The van der Waals surface area contributed by atoms with Crippen molar-refractivity contribution >= 4 is 40.2 Å². The molecule has 0 atom stereocenters. The van der Waals surface area contributed by atoms with Crippen LogP contribution in [0.25, 0.3) is 0 Å². The van der Waals surface area contributed by atoms with E-state index < -0.39 is 17.3 Å². The predicted octanol–water partition coefficient (Wildman–Crippen LogP) is 2.18. The van der Waals surface area contributed by atoms with Crippen LogP contribution in [-0.2, 0) is 0 Å². The zero-order valence-corrected chi connectivity index (χ0v) is 8.43. The van der Waals surface area contributed by atoms with E-state index in [0.717, 1.165) is 0 Å². The second-order valence-corrected chi connectivity index (χ2v) is 3.41. The van der Waals surface area contributed by atoms with Crippen molar-refractivity contribution in [1.29, 1.82) is 0 Å². The fourth-order valence-corrected chi connectivity index (χ4v) is 1.25. The maximum absolute atomic E-state index is 13.0. The molecule has 0 aliphatic rings. The fraction of sp³-hybridized carbons (Fsp3) is 0. The van der Waals surface area contributed by atoms with Gasteiger partial charge < -0.3 is 5.11 Å². The van der Waals surface area contributed by atoms with E-state index in [1.54, 1.807) is 22.6 Å². The summed E-state index contributed by atoms with van der Waals surface area (Å²) in [7, 11) is 0. The molecule has 0 fully saturated rings. The van der Waals surface area contributed by atoms with Gasteiger partial charge in [-0.2, -0.15) is 0 Å². The lowest BCUT2D eigenvalue weighted by atomic mass is 10.3. The first-order chi connectivity index (χ1) is 5.54. The van der Waals surface area contributed by atoms with E-state index in [4.69, 9.17) is 16.7 Å². The first-order valence-electron chi connectivity index (χ1n) is 2.77.